The highest BCUT2D eigenvalue weighted by Crippen LogP contribution is 2.20. The predicted octanol–water partition coefficient (Wildman–Crippen LogP) is 0.420. The van der Waals surface area contributed by atoms with Crippen LogP contribution in [0.5, 0.6) is 0 Å². The van der Waals surface area contributed by atoms with Crippen molar-refractivity contribution in [1.29, 1.82) is 0 Å². The summed E-state index contributed by atoms with van der Waals surface area (Å²) in [4.78, 5) is 22.8. The Morgan fingerprint density at radius 2 is 2.35 bits per heavy atom. The zero-order valence-electron chi connectivity index (χ0n) is 10.6. The smallest absolute Gasteiger partial charge is 0.304 e. The Morgan fingerprint density at radius 3 is 2.95 bits per heavy atom. The number of morpholine rings is 1. The first-order valence-electron chi connectivity index (χ1n) is 6.03. The van der Waals surface area contributed by atoms with Gasteiger partial charge in [0, 0.05) is 19.2 Å². The number of hydrogen-bond donors (Lipinski definition) is 1. The van der Waals surface area contributed by atoms with Crippen molar-refractivity contribution >= 4 is 11.6 Å². The molecular weight excluding hydrogens is 269 g/mol. The van der Waals surface area contributed by atoms with E-state index in [1.165, 1.54) is 6.07 Å². The molecule has 1 aliphatic rings. The number of ether oxygens (including phenoxy) is 1. The highest BCUT2D eigenvalue weighted by atomic mass is 19.1. The van der Waals surface area contributed by atoms with Gasteiger partial charge in [0.15, 0.2) is 0 Å². The summed E-state index contributed by atoms with van der Waals surface area (Å²) in [6, 6.07) is 3.12. The van der Waals surface area contributed by atoms with E-state index in [2.05, 4.69) is 0 Å². The third kappa shape index (κ3) is 3.09. The van der Waals surface area contributed by atoms with Gasteiger partial charge >= 0.3 is 5.69 Å². The SMILES string of the molecule is NC(=O)C1COCCN1Cc1ccc([N+](=O)[O-])c(F)c1. The van der Waals surface area contributed by atoms with Crippen LogP contribution in [0.4, 0.5) is 10.1 Å². The van der Waals surface area contributed by atoms with E-state index in [0.717, 1.165) is 12.1 Å². The normalized spacial score (nSPS) is 19.8. The van der Waals surface area contributed by atoms with E-state index < -0.39 is 28.4 Å². The molecule has 1 atom stereocenters. The molecule has 1 unspecified atom stereocenters. The van der Waals surface area contributed by atoms with Crippen molar-refractivity contribution in [3.63, 3.8) is 0 Å². The molecule has 1 heterocycles. The first-order valence-corrected chi connectivity index (χ1v) is 6.03. The Balaban J connectivity index is 2.14. The largest absolute Gasteiger partial charge is 0.378 e. The van der Waals surface area contributed by atoms with Gasteiger partial charge in [-0.1, -0.05) is 6.07 Å². The van der Waals surface area contributed by atoms with Crippen molar-refractivity contribution in [2.75, 3.05) is 19.8 Å². The molecule has 1 aromatic carbocycles. The second-order valence-corrected chi connectivity index (χ2v) is 4.51. The molecule has 2 N–H and O–H groups in total. The van der Waals surface area contributed by atoms with E-state index in [0.29, 0.717) is 18.7 Å². The van der Waals surface area contributed by atoms with Crippen LogP contribution >= 0.6 is 0 Å². The Bertz CT molecular complexity index is 537. The highest BCUT2D eigenvalue weighted by molar-refractivity contribution is 5.80. The van der Waals surface area contributed by atoms with Crippen LogP contribution < -0.4 is 5.73 Å². The Morgan fingerprint density at radius 1 is 1.60 bits per heavy atom. The first-order chi connectivity index (χ1) is 9.49. The van der Waals surface area contributed by atoms with Gasteiger partial charge in [0.1, 0.15) is 6.04 Å². The molecule has 20 heavy (non-hydrogen) atoms. The van der Waals surface area contributed by atoms with E-state index in [1.54, 1.807) is 4.90 Å². The van der Waals surface area contributed by atoms with Gasteiger partial charge in [-0.3, -0.25) is 19.8 Å². The molecule has 0 bridgehead atoms. The van der Waals surface area contributed by atoms with Crippen molar-refractivity contribution in [1.82, 2.24) is 4.90 Å². The average molecular weight is 283 g/mol. The molecule has 7 nitrogen and oxygen atoms in total. The summed E-state index contributed by atoms with van der Waals surface area (Å²) in [7, 11) is 0. The fraction of sp³-hybridized carbons (Fsp3) is 0.417. The number of nitrogens with zero attached hydrogens (tertiary/aromatic N) is 2. The maximum Gasteiger partial charge on any atom is 0.304 e. The maximum absolute atomic E-state index is 13.5. The van der Waals surface area contributed by atoms with E-state index in [4.69, 9.17) is 10.5 Å². The van der Waals surface area contributed by atoms with Crippen molar-refractivity contribution in [3.05, 3.63) is 39.7 Å². The number of nitrogens with two attached hydrogens (primary N) is 1. The van der Waals surface area contributed by atoms with Crippen molar-refractivity contribution in [2.24, 2.45) is 5.73 Å². The lowest BCUT2D eigenvalue weighted by molar-refractivity contribution is -0.387. The van der Waals surface area contributed by atoms with Gasteiger partial charge in [0.25, 0.3) is 0 Å². The van der Waals surface area contributed by atoms with E-state index >= 15 is 0 Å². The number of hydrogen-bond acceptors (Lipinski definition) is 5. The molecule has 0 aliphatic carbocycles. The van der Waals surface area contributed by atoms with Crippen molar-refractivity contribution < 1.29 is 18.8 Å². The molecule has 0 radical (unpaired) electrons. The third-order valence-electron chi connectivity index (χ3n) is 3.16. The van der Waals surface area contributed by atoms with Crippen LogP contribution in [-0.2, 0) is 16.1 Å². The van der Waals surface area contributed by atoms with Gasteiger partial charge < -0.3 is 10.5 Å². The van der Waals surface area contributed by atoms with Gasteiger partial charge in [-0.15, -0.1) is 0 Å². The highest BCUT2D eigenvalue weighted by Gasteiger charge is 2.28. The quantitative estimate of drug-likeness (QED) is 0.637. The number of rotatable bonds is 4. The topological polar surface area (TPSA) is 98.7 Å². The molecule has 1 fully saturated rings. The van der Waals surface area contributed by atoms with Crippen molar-refractivity contribution in [2.45, 2.75) is 12.6 Å². The standard InChI is InChI=1S/C12H14FN3O4/c13-9-5-8(1-2-10(9)16(18)19)6-15-3-4-20-7-11(15)12(14)17/h1-2,5,11H,3-4,6-7H2,(H2,14,17). The van der Waals surface area contributed by atoms with E-state index in [9.17, 15) is 19.3 Å². The molecule has 0 aromatic heterocycles. The van der Waals surface area contributed by atoms with Crippen LogP contribution in [-0.4, -0.2) is 41.5 Å². The third-order valence-corrected chi connectivity index (χ3v) is 3.16. The van der Waals surface area contributed by atoms with Crippen LogP contribution in [0, 0.1) is 15.9 Å². The second-order valence-electron chi connectivity index (χ2n) is 4.51. The zero-order valence-corrected chi connectivity index (χ0v) is 10.6. The number of benzene rings is 1. The molecule has 0 saturated carbocycles. The lowest BCUT2D eigenvalue weighted by atomic mass is 10.1. The number of nitro groups is 1. The predicted molar refractivity (Wildman–Crippen MR) is 67.3 cm³/mol. The monoisotopic (exact) mass is 283 g/mol. The average Bonchev–Trinajstić information content (AvgIpc) is 2.38. The number of carbonyl (C=O) groups excluding carboxylic acids is 1. The molecule has 2 rings (SSSR count). The number of primary amides is 1. The lowest BCUT2D eigenvalue weighted by Crippen LogP contribution is -2.51. The fourth-order valence-electron chi connectivity index (χ4n) is 2.12. The van der Waals surface area contributed by atoms with Crippen LogP contribution in [0.25, 0.3) is 0 Å². The number of carbonyl (C=O) groups is 1. The van der Waals surface area contributed by atoms with E-state index in [1.807, 2.05) is 0 Å². The van der Waals surface area contributed by atoms with E-state index in [-0.39, 0.29) is 13.2 Å². The minimum atomic E-state index is -0.892. The number of amides is 1. The van der Waals surface area contributed by atoms with Crippen LogP contribution in [0.15, 0.2) is 18.2 Å². The minimum absolute atomic E-state index is 0.199. The Hall–Kier alpha value is -2.06. The Labute approximate surface area is 114 Å². The molecule has 1 aromatic rings. The van der Waals surface area contributed by atoms with Gasteiger partial charge in [-0.25, -0.2) is 0 Å². The zero-order chi connectivity index (χ0) is 14.7. The van der Waals surface area contributed by atoms with Crippen LogP contribution in [0.2, 0.25) is 0 Å². The van der Waals surface area contributed by atoms with Crippen LogP contribution in [0.1, 0.15) is 5.56 Å². The van der Waals surface area contributed by atoms with Gasteiger partial charge in [0.2, 0.25) is 11.7 Å². The molecular formula is C12H14FN3O4. The summed E-state index contributed by atoms with van der Waals surface area (Å²) in [6.45, 7) is 1.43. The molecule has 1 aliphatic heterocycles. The van der Waals surface area contributed by atoms with Crippen LogP contribution in [0.3, 0.4) is 0 Å². The van der Waals surface area contributed by atoms with Gasteiger partial charge in [-0.2, -0.15) is 4.39 Å². The summed E-state index contributed by atoms with van der Waals surface area (Å²) in [6.07, 6.45) is 0. The number of halogens is 1. The van der Waals surface area contributed by atoms with Gasteiger partial charge in [-0.05, 0) is 11.6 Å². The molecule has 0 spiro atoms. The lowest BCUT2D eigenvalue weighted by Gasteiger charge is -2.33. The summed E-state index contributed by atoms with van der Waals surface area (Å²) < 4.78 is 18.7. The first kappa shape index (κ1) is 14.4. The summed E-state index contributed by atoms with van der Waals surface area (Å²) >= 11 is 0. The molecule has 1 amide bonds. The summed E-state index contributed by atoms with van der Waals surface area (Å²) in [5.41, 5.74) is 5.26. The van der Waals surface area contributed by atoms with Gasteiger partial charge in [0.05, 0.1) is 18.1 Å². The summed E-state index contributed by atoms with van der Waals surface area (Å²) in [5, 5.41) is 10.5. The van der Waals surface area contributed by atoms with Crippen molar-refractivity contribution in [3.8, 4) is 0 Å². The second kappa shape index (κ2) is 5.93. The minimum Gasteiger partial charge on any atom is -0.378 e. The maximum atomic E-state index is 13.5. The molecule has 108 valence electrons. The summed E-state index contributed by atoms with van der Waals surface area (Å²) in [5.74, 6) is -1.40. The number of nitro benzene ring substituents is 1. The molecule has 8 heteroatoms. The molecule has 1 saturated heterocycles. The Kier molecular flexibility index (Phi) is 4.26. The fourth-order valence-corrected chi connectivity index (χ4v) is 2.12.